The summed E-state index contributed by atoms with van der Waals surface area (Å²) >= 11 is 0. The highest BCUT2D eigenvalue weighted by Gasteiger charge is 2.24. The fourth-order valence-corrected chi connectivity index (χ4v) is 2.37. The molecule has 1 N–H and O–H groups in total. The van der Waals surface area contributed by atoms with Gasteiger partial charge in [-0.1, -0.05) is 6.07 Å². The molecular weight excluding hydrogens is 278 g/mol. The Morgan fingerprint density at radius 1 is 1.52 bits per heavy atom. The van der Waals surface area contributed by atoms with Gasteiger partial charge in [-0.25, -0.2) is 13.6 Å². The number of carbonyl (C=O) groups is 1. The summed E-state index contributed by atoms with van der Waals surface area (Å²) in [7, 11) is 1.57. The molecule has 6 heteroatoms. The molecule has 0 radical (unpaired) electrons. The first-order chi connectivity index (χ1) is 9.97. The molecule has 1 heterocycles. The van der Waals surface area contributed by atoms with E-state index in [-0.39, 0.29) is 30.3 Å². The minimum atomic E-state index is -0.651. The summed E-state index contributed by atoms with van der Waals surface area (Å²) in [6.45, 7) is 2.69. The minimum Gasteiger partial charge on any atom is -0.376 e. The van der Waals surface area contributed by atoms with Crippen LogP contribution in [-0.2, 0) is 11.3 Å². The van der Waals surface area contributed by atoms with Crippen LogP contribution in [0.4, 0.5) is 13.6 Å². The third-order valence-electron chi connectivity index (χ3n) is 3.64. The molecule has 1 fully saturated rings. The van der Waals surface area contributed by atoms with Gasteiger partial charge < -0.3 is 15.0 Å². The zero-order valence-corrected chi connectivity index (χ0v) is 12.2. The minimum absolute atomic E-state index is 0.0323. The number of hydrogen-bond donors (Lipinski definition) is 1. The Morgan fingerprint density at radius 2 is 2.29 bits per heavy atom. The predicted octanol–water partition coefficient (Wildman–Crippen LogP) is 2.67. The molecule has 0 aromatic heterocycles. The van der Waals surface area contributed by atoms with Gasteiger partial charge in [-0.15, -0.1) is 0 Å². The van der Waals surface area contributed by atoms with Crippen molar-refractivity contribution in [3.8, 4) is 0 Å². The van der Waals surface area contributed by atoms with E-state index in [2.05, 4.69) is 5.32 Å². The van der Waals surface area contributed by atoms with Crippen molar-refractivity contribution in [1.29, 1.82) is 0 Å². The summed E-state index contributed by atoms with van der Waals surface area (Å²) in [5, 5.41) is 2.84. The number of halogens is 2. The first kappa shape index (κ1) is 15.7. The van der Waals surface area contributed by atoms with Gasteiger partial charge >= 0.3 is 6.03 Å². The van der Waals surface area contributed by atoms with Crippen molar-refractivity contribution < 1.29 is 18.3 Å². The van der Waals surface area contributed by atoms with Crippen LogP contribution in [0.3, 0.4) is 0 Å². The quantitative estimate of drug-likeness (QED) is 0.928. The number of benzene rings is 1. The maximum Gasteiger partial charge on any atom is 0.317 e. The van der Waals surface area contributed by atoms with E-state index in [9.17, 15) is 13.6 Å². The second-order valence-electron chi connectivity index (χ2n) is 5.38. The number of hydrogen-bond acceptors (Lipinski definition) is 2. The van der Waals surface area contributed by atoms with Gasteiger partial charge in [0.25, 0.3) is 0 Å². The molecule has 1 saturated heterocycles. The molecule has 2 amide bonds. The molecule has 2 atom stereocenters. The van der Waals surface area contributed by atoms with E-state index in [4.69, 9.17) is 4.74 Å². The maximum atomic E-state index is 13.6. The lowest BCUT2D eigenvalue weighted by atomic mass is 10.1. The van der Waals surface area contributed by atoms with E-state index >= 15 is 0 Å². The van der Waals surface area contributed by atoms with Gasteiger partial charge in [0.2, 0.25) is 0 Å². The monoisotopic (exact) mass is 298 g/mol. The molecule has 21 heavy (non-hydrogen) atoms. The fraction of sp³-hybridized carbons (Fsp3) is 0.533. The smallest absolute Gasteiger partial charge is 0.317 e. The van der Waals surface area contributed by atoms with Crippen LogP contribution in [0, 0.1) is 11.6 Å². The zero-order valence-electron chi connectivity index (χ0n) is 12.2. The Kier molecular flexibility index (Phi) is 5.12. The summed E-state index contributed by atoms with van der Waals surface area (Å²) in [5.41, 5.74) is 0.277. The molecule has 2 rings (SSSR count). The second-order valence-corrected chi connectivity index (χ2v) is 5.38. The maximum absolute atomic E-state index is 13.6. The molecule has 0 aliphatic carbocycles. The van der Waals surface area contributed by atoms with Crippen LogP contribution in [-0.4, -0.2) is 36.7 Å². The van der Waals surface area contributed by atoms with Crippen LogP contribution in [0.2, 0.25) is 0 Å². The molecule has 4 nitrogen and oxygen atoms in total. The molecule has 1 aromatic carbocycles. The van der Waals surface area contributed by atoms with E-state index in [0.717, 1.165) is 25.5 Å². The standard InChI is InChI=1S/C15H20F2N2O2/c1-10(14-4-3-7-21-14)18-15(20)19(2)9-11-5-6-12(16)8-13(11)17/h5-6,8,10,14H,3-4,7,9H2,1-2H3,(H,18,20). The van der Waals surface area contributed by atoms with Crippen LogP contribution in [0.1, 0.15) is 25.3 Å². The summed E-state index contributed by atoms with van der Waals surface area (Å²) in [6, 6.07) is 2.94. The van der Waals surface area contributed by atoms with Gasteiger partial charge in [-0.3, -0.25) is 0 Å². The highest BCUT2D eigenvalue weighted by atomic mass is 19.1. The first-order valence-corrected chi connectivity index (χ1v) is 7.04. The third-order valence-corrected chi connectivity index (χ3v) is 3.64. The van der Waals surface area contributed by atoms with E-state index in [0.29, 0.717) is 0 Å². The van der Waals surface area contributed by atoms with E-state index in [1.54, 1.807) is 7.05 Å². The van der Waals surface area contributed by atoms with Crippen molar-refractivity contribution in [2.45, 2.75) is 38.5 Å². The zero-order chi connectivity index (χ0) is 15.4. The summed E-state index contributed by atoms with van der Waals surface area (Å²) in [5.74, 6) is -1.28. The average Bonchev–Trinajstić information content (AvgIpc) is 2.95. The molecular formula is C15H20F2N2O2. The number of nitrogens with zero attached hydrogens (tertiary/aromatic N) is 1. The summed E-state index contributed by atoms with van der Waals surface area (Å²) < 4.78 is 31.9. The highest BCUT2D eigenvalue weighted by molar-refractivity contribution is 5.74. The van der Waals surface area contributed by atoms with Crippen LogP contribution in [0.15, 0.2) is 18.2 Å². The number of carbonyl (C=O) groups excluding carboxylic acids is 1. The van der Waals surface area contributed by atoms with Crippen LogP contribution < -0.4 is 5.32 Å². The lowest BCUT2D eigenvalue weighted by Crippen LogP contribution is -2.46. The van der Waals surface area contributed by atoms with Gasteiger partial charge in [-0.2, -0.15) is 0 Å². The van der Waals surface area contributed by atoms with Gasteiger partial charge in [-0.05, 0) is 25.8 Å². The Labute approximate surface area is 123 Å². The first-order valence-electron chi connectivity index (χ1n) is 7.04. The highest BCUT2D eigenvalue weighted by Crippen LogP contribution is 2.16. The van der Waals surface area contributed by atoms with Gasteiger partial charge in [0.1, 0.15) is 11.6 Å². The van der Waals surface area contributed by atoms with Crippen molar-refractivity contribution in [3.63, 3.8) is 0 Å². The van der Waals surface area contributed by atoms with Crippen LogP contribution in [0.25, 0.3) is 0 Å². The summed E-state index contributed by atoms with van der Waals surface area (Å²) in [4.78, 5) is 13.4. The topological polar surface area (TPSA) is 41.6 Å². The Balaban J connectivity index is 1.89. The van der Waals surface area contributed by atoms with E-state index < -0.39 is 11.6 Å². The third kappa shape index (κ3) is 4.14. The Hall–Kier alpha value is -1.69. The van der Waals surface area contributed by atoms with Gasteiger partial charge in [0.15, 0.2) is 0 Å². The molecule has 1 aliphatic heterocycles. The fourth-order valence-electron chi connectivity index (χ4n) is 2.37. The molecule has 0 saturated carbocycles. The van der Waals surface area contributed by atoms with Gasteiger partial charge in [0.05, 0.1) is 12.1 Å². The number of ether oxygens (including phenoxy) is 1. The van der Waals surface area contributed by atoms with Gasteiger partial charge in [0, 0.05) is 31.8 Å². The summed E-state index contributed by atoms with van der Waals surface area (Å²) in [6.07, 6.45) is 1.96. The predicted molar refractivity (Wildman–Crippen MR) is 74.8 cm³/mol. The van der Waals surface area contributed by atoms with Crippen molar-refractivity contribution in [2.24, 2.45) is 0 Å². The lowest BCUT2D eigenvalue weighted by Gasteiger charge is -2.24. The Morgan fingerprint density at radius 3 is 2.90 bits per heavy atom. The lowest BCUT2D eigenvalue weighted by molar-refractivity contribution is 0.0837. The molecule has 1 aromatic rings. The van der Waals surface area contributed by atoms with Crippen molar-refractivity contribution in [3.05, 3.63) is 35.4 Å². The van der Waals surface area contributed by atoms with Crippen molar-refractivity contribution in [1.82, 2.24) is 10.2 Å². The number of amides is 2. The SMILES string of the molecule is CC(NC(=O)N(C)Cc1ccc(F)cc1F)C1CCCO1. The number of rotatable bonds is 4. The average molecular weight is 298 g/mol. The molecule has 1 aliphatic rings. The number of nitrogens with one attached hydrogen (secondary N) is 1. The van der Waals surface area contributed by atoms with Crippen molar-refractivity contribution >= 4 is 6.03 Å². The molecule has 0 spiro atoms. The van der Waals surface area contributed by atoms with Crippen LogP contribution in [0.5, 0.6) is 0 Å². The van der Waals surface area contributed by atoms with Crippen molar-refractivity contribution in [2.75, 3.05) is 13.7 Å². The second kappa shape index (κ2) is 6.85. The largest absolute Gasteiger partial charge is 0.376 e. The van der Waals surface area contributed by atoms with E-state index in [1.165, 1.54) is 17.0 Å². The normalized spacial score (nSPS) is 19.3. The molecule has 2 unspecified atom stereocenters. The Bertz CT molecular complexity index is 504. The molecule has 116 valence electrons. The van der Waals surface area contributed by atoms with E-state index in [1.807, 2.05) is 6.92 Å². The van der Waals surface area contributed by atoms with Crippen LogP contribution >= 0.6 is 0 Å². The molecule has 0 bridgehead atoms. The number of urea groups is 1.